The van der Waals surface area contributed by atoms with Gasteiger partial charge in [-0.25, -0.2) is 0 Å². The van der Waals surface area contributed by atoms with Crippen LogP contribution in [0.1, 0.15) is 40.0 Å². The third-order valence-electron chi connectivity index (χ3n) is 2.54. The molecule has 0 rings (SSSR count). The fraction of sp³-hybridized carbons (Fsp3) is 0.818. The molecule has 1 nitrogen and oxygen atoms in total. The number of hydrogen-bond acceptors (Lipinski definition) is 1. The molecule has 0 spiro atoms. The molecule has 12 heavy (non-hydrogen) atoms. The lowest BCUT2D eigenvalue weighted by molar-refractivity contribution is 0.378. The monoisotopic (exact) mass is 169 g/mol. The minimum Gasteiger partial charge on any atom is -0.379 e. The maximum atomic E-state index is 3.90. The Bertz CT molecular complexity index is 129. The van der Waals surface area contributed by atoms with E-state index in [0.717, 1.165) is 12.5 Å². The molecular formula is C11H23N. The first-order valence-corrected chi connectivity index (χ1v) is 4.94. The molecule has 1 atom stereocenters. The average molecular weight is 169 g/mol. The zero-order chi connectivity index (χ0) is 9.56. The van der Waals surface area contributed by atoms with Crippen molar-refractivity contribution in [2.45, 2.75) is 40.0 Å². The van der Waals surface area contributed by atoms with Gasteiger partial charge in [-0.2, -0.15) is 0 Å². The van der Waals surface area contributed by atoms with E-state index in [1.54, 1.807) is 0 Å². The maximum absolute atomic E-state index is 3.90. The van der Waals surface area contributed by atoms with E-state index in [2.05, 4.69) is 39.3 Å². The zero-order valence-corrected chi connectivity index (χ0v) is 9.06. The highest BCUT2D eigenvalue weighted by atomic mass is 15.1. The molecule has 0 heterocycles. The molecule has 0 aromatic carbocycles. The maximum Gasteiger partial charge on any atom is 0.0171 e. The quantitative estimate of drug-likeness (QED) is 0.590. The standard InChI is InChI=1S/C11H23N/c1-6-11(4)8-7-9-12(5)10(2)3/h11H,2,6-9H2,1,3-5H3. The fourth-order valence-electron chi connectivity index (χ4n) is 1.07. The Morgan fingerprint density at radius 3 is 2.50 bits per heavy atom. The topological polar surface area (TPSA) is 3.24 Å². The molecular weight excluding hydrogens is 146 g/mol. The van der Waals surface area contributed by atoms with Gasteiger partial charge in [-0.1, -0.05) is 26.8 Å². The van der Waals surface area contributed by atoms with Gasteiger partial charge in [-0.15, -0.1) is 0 Å². The highest BCUT2D eigenvalue weighted by Gasteiger charge is 2.00. The van der Waals surface area contributed by atoms with Gasteiger partial charge in [0.05, 0.1) is 0 Å². The lowest BCUT2D eigenvalue weighted by Gasteiger charge is -2.19. The van der Waals surface area contributed by atoms with Crippen LogP contribution in [0.5, 0.6) is 0 Å². The Kier molecular flexibility index (Phi) is 5.87. The SMILES string of the molecule is C=C(C)N(C)CCCC(C)CC. The summed E-state index contributed by atoms with van der Waals surface area (Å²) >= 11 is 0. The minimum absolute atomic E-state index is 0.878. The van der Waals surface area contributed by atoms with Crippen LogP contribution in [0.3, 0.4) is 0 Å². The normalized spacial score (nSPS) is 12.7. The van der Waals surface area contributed by atoms with Crippen molar-refractivity contribution in [1.29, 1.82) is 0 Å². The number of allylic oxidation sites excluding steroid dienone is 1. The van der Waals surface area contributed by atoms with Gasteiger partial charge in [-0.3, -0.25) is 0 Å². The highest BCUT2D eigenvalue weighted by Crippen LogP contribution is 2.10. The van der Waals surface area contributed by atoms with Gasteiger partial charge in [0.25, 0.3) is 0 Å². The number of rotatable bonds is 6. The largest absolute Gasteiger partial charge is 0.379 e. The highest BCUT2D eigenvalue weighted by molar-refractivity contribution is 4.85. The Morgan fingerprint density at radius 2 is 2.08 bits per heavy atom. The molecule has 0 bridgehead atoms. The second kappa shape index (κ2) is 6.10. The summed E-state index contributed by atoms with van der Waals surface area (Å²) in [6, 6.07) is 0. The van der Waals surface area contributed by atoms with Crippen LogP contribution < -0.4 is 0 Å². The van der Waals surface area contributed by atoms with Crippen molar-refractivity contribution in [2.75, 3.05) is 13.6 Å². The summed E-state index contributed by atoms with van der Waals surface area (Å²) in [6.45, 7) is 11.7. The first kappa shape index (κ1) is 11.5. The van der Waals surface area contributed by atoms with Crippen LogP contribution in [0.25, 0.3) is 0 Å². The molecule has 0 fully saturated rings. The van der Waals surface area contributed by atoms with Crippen molar-refractivity contribution in [1.82, 2.24) is 4.90 Å². The van der Waals surface area contributed by atoms with Crippen molar-refractivity contribution >= 4 is 0 Å². The smallest absolute Gasteiger partial charge is 0.0171 e. The molecule has 0 aromatic heterocycles. The first-order chi connectivity index (χ1) is 5.57. The van der Waals surface area contributed by atoms with Gasteiger partial charge in [-0.05, 0) is 25.7 Å². The fourth-order valence-corrected chi connectivity index (χ4v) is 1.07. The Morgan fingerprint density at radius 1 is 1.50 bits per heavy atom. The molecule has 1 unspecified atom stereocenters. The van der Waals surface area contributed by atoms with Crippen LogP contribution in [0.2, 0.25) is 0 Å². The minimum atomic E-state index is 0.878. The summed E-state index contributed by atoms with van der Waals surface area (Å²) in [4.78, 5) is 2.22. The van der Waals surface area contributed by atoms with E-state index >= 15 is 0 Å². The van der Waals surface area contributed by atoms with Gasteiger partial charge < -0.3 is 4.90 Å². The summed E-state index contributed by atoms with van der Waals surface area (Å²) in [6.07, 6.45) is 3.93. The summed E-state index contributed by atoms with van der Waals surface area (Å²) in [7, 11) is 2.11. The predicted octanol–water partition coefficient (Wildman–Crippen LogP) is 3.28. The van der Waals surface area contributed by atoms with Crippen LogP contribution >= 0.6 is 0 Å². The second-order valence-corrected chi connectivity index (χ2v) is 3.81. The van der Waals surface area contributed by atoms with Crippen LogP contribution in [-0.2, 0) is 0 Å². The van der Waals surface area contributed by atoms with E-state index in [4.69, 9.17) is 0 Å². The Balaban J connectivity index is 3.37. The van der Waals surface area contributed by atoms with E-state index < -0.39 is 0 Å². The molecule has 1 heteroatoms. The van der Waals surface area contributed by atoms with E-state index in [0.29, 0.717) is 0 Å². The van der Waals surface area contributed by atoms with Gasteiger partial charge >= 0.3 is 0 Å². The van der Waals surface area contributed by atoms with Gasteiger partial charge in [0.15, 0.2) is 0 Å². The average Bonchev–Trinajstić information content (AvgIpc) is 2.03. The van der Waals surface area contributed by atoms with E-state index in [1.165, 1.54) is 25.0 Å². The van der Waals surface area contributed by atoms with Crippen molar-refractivity contribution < 1.29 is 0 Å². The van der Waals surface area contributed by atoms with Crippen LogP contribution in [0.4, 0.5) is 0 Å². The Labute approximate surface area is 77.5 Å². The molecule has 0 aliphatic heterocycles. The number of nitrogens with zero attached hydrogens (tertiary/aromatic N) is 1. The third kappa shape index (κ3) is 5.22. The molecule has 0 saturated heterocycles. The number of hydrogen-bond donors (Lipinski definition) is 0. The van der Waals surface area contributed by atoms with Crippen molar-refractivity contribution in [3.05, 3.63) is 12.3 Å². The third-order valence-corrected chi connectivity index (χ3v) is 2.54. The van der Waals surface area contributed by atoms with Crippen molar-refractivity contribution in [3.63, 3.8) is 0 Å². The van der Waals surface area contributed by atoms with Gasteiger partial charge in [0, 0.05) is 19.3 Å². The van der Waals surface area contributed by atoms with E-state index in [9.17, 15) is 0 Å². The van der Waals surface area contributed by atoms with Gasteiger partial charge in [0.1, 0.15) is 0 Å². The summed E-state index contributed by atoms with van der Waals surface area (Å²) in [5, 5.41) is 0. The van der Waals surface area contributed by atoms with Crippen molar-refractivity contribution in [2.24, 2.45) is 5.92 Å². The molecule has 0 aliphatic rings. The summed E-state index contributed by atoms with van der Waals surface area (Å²) in [5.41, 5.74) is 1.17. The first-order valence-electron chi connectivity index (χ1n) is 4.94. The molecule has 0 aromatic rings. The van der Waals surface area contributed by atoms with Crippen LogP contribution in [0, 0.1) is 5.92 Å². The summed E-state index contributed by atoms with van der Waals surface area (Å²) in [5.74, 6) is 0.878. The second-order valence-electron chi connectivity index (χ2n) is 3.81. The van der Waals surface area contributed by atoms with E-state index in [-0.39, 0.29) is 0 Å². The van der Waals surface area contributed by atoms with Crippen LogP contribution in [-0.4, -0.2) is 18.5 Å². The van der Waals surface area contributed by atoms with E-state index in [1.807, 2.05) is 0 Å². The molecule has 0 N–H and O–H groups in total. The molecule has 0 aliphatic carbocycles. The molecule has 0 radical (unpaired) electrons. The predicted molar refractivity (Wildman–Crippen MR) is 56.1 cm³/mol. The van der Waals surface area contributed by atoms with Crippen LogP contribution in [0.15, 0.2) is 12.3 Å². The summed E-state index contributed by atoms with van der Waals surface area (Å²) < 4.78 is 0. The molecule has 0 saturated carbocycles. The Hall–Kier alpha value is -0.460. The lowest BCUT2D eigenvalue weighted by Crippen LogP contribution is -2.17. The van der Waals surface area contributed by atoms with Crippen molar-refractivity contribution in [3.8, 4) is 0 Å². The molecule has 0 amide bonds. The lowest BCUT2D eigenvalue weighted by atomic mass is 10.0. The zero-order valence-electron chi connectivity index (χ0n) is 9.06. The van der Waals surface area contributed by atoms with Gasteiger partial charge in [0.2, 0.25) is 0 Å². The molecule has 72 valence electrons.